The predicted molar refractivity (Wildman–Crippen MR) is 111 cm³/mol. The summed E-state index contributed by atoms with van der Waals surface area (Å²) in [6.07, 6.45) is 9.41. The number of amides is 1. The van der Waals surface area contributed by atoms with Crippen molar-refractivity contribution in [3.63, 3.8) is 0 Å². The monoisotopic (exact) mass is 611 g/mol. The molecule has 1 aromatic carbocycles. The van der Waals surface area contributed by atoms with Crippen molar-refractivity contribution in [1.29, 1.82) is 0 Å². The van der Waals surface area contributed by atoms with Gasteiger partial charge in [0.2, 0.25) is 0 Å². The molecule has 0 unspecified atom stereocenters. The quantitative estimate of drug-likeness (QED) is 0.214. The standard InChI is InChI=1S/C14H18ClNO4.C5H5.F6P.Ru/c1-14(2,3)20-13(19)16-11(12(17)18)8-9-4-6-10(15)7-5-9;1-2-4-5-3-1;1-7(2,3,4,5)6;/h4-7,11H,8H2,1-3H3,(H,16,19)(H,17,18);1-5H;;/q;;-1;+2/t11-;;;/m1.../s1. The Hall–Kier alpha value is -1.12. The number of carboxylic acid groups (broad SMARTS) is 1. The first-order valence-electron chi connectivity index (χ1n) is 8.82. The molecule has 0 heterocycles. The van der Waals surface area contributed by atoms with Gasteiger partial charge in [-0.25, -0.2) is 9.59 Å². The van der Waals surface area contributed by atoms with Crippen LogP contribution in [0.2, 0.25) is 5.02 Å². The van der Waals surface area contributed by atoms with E-state index in [1.54, 1.807) is 45.0 Å². The van der Waals surface area contributed by atoms with Gasteiger partial charge in [0.25, 0.3) is 0 Å². The largest absolute Gasteiger partial charge is 2.00 e. The molecule has 0 aliphatic heterocycles. The number of hydrogen-bond donors (Lipinski definition) is 2. The summed E-state index contributed by atoms with van der Waals surface area (Å²) in [5.74, 6) is -1.12. The van der Waals surface area contributed by atoms with Crippen LogP contribution in [0.25, 0.3) is 0 Å². The zero-order chi connectivity index (χ0) is 25.3. The van der Waals surface area contributed by atoms with Gasteiger partial charge in [-0.15, -0.1) is 0 Å². The first kappa shape index (κ1) is 34.1. The molecule has 1 aliphatic rings. The van der Waals surface area contributed by atoms with Crippen molar-refractivity contribution in [2.24, 2.45) is 0 Å². The first-order chi connectivity index (χ1) is 14.1. The van der Waals surface area contributed by atoms with Crippen LogP contribution in [0, 0.1) is 32.1 Å². The number of hydrogen-bond acceptors (Lipinski definition) is 3. The molecule has 1 fully saturated rings. The average Bonchev–Trinajstić information content (AvgIpc) is 3.11. The van der Waals surface area contributed by atoms with Crippen molar-refractivity contribution < 1.29 is 64.1 Å². The van der Waals surface area contributed by atoms with E-state index in [1.807, 2.05) is 32.1 Å². The summed E-state index contributed by atoms with van der Waals surface area (Å²) < 4.78 is 64.2. The van der Waals surface area contributed by atoms with Crippen molar-refractivity contribution in [3.05, 3.63) is 67.0 Å². The number of carbonyl (C=O) groups is 2. The Morgan fingerprint density at radius 1 is 0.970 bits per heavy atom. The van der Waals surface area contributed by atoms with Crippen LogP contribution in [0.4, 0.5) is 30.0 Å². The van der Waals surface area contributed by atoms with E-state index in [0.717, 1.165) is 5.56 Å². The van der Waals surface area contributed by atoms with Gasteiger partial charge < -0.3 is 15.2 Å². The fraction of sp³-hybridized carbons (Fsp3) is 0.316. The van der Waals surface area contributed by atoms with Gasteiger partial charge in [0.15, 0.2) is 0 Å². The maximum Gasteiger partial charge on any atom is 2.00 e. The van der Waals surface area contributed by atoms with Crippen LogP contribution in [0.15, 0.2) is 24.3 Å². The number of halogens is 7. The van der Waals surface area contributed by atoms with Crippen molar-refractivity contribution in [1.82, 2.24) is 5.32 Å². The van der Waals surface area contributed by atoms with Crippen LogP contribution >= 0.6 is 19.4 Å². The number of carbonyl (C=O) groups excluding carboxylic acids is 1. The predicted octanol–water partition coefficient (Wildman–Crippen LogP) is 7.26. The number of carboxylic acids is 1. The molecule has 1 saturated carbocycles. The Morgan fingerprint density at radius 2 is 1.33 bits per heavy atom. The summed E-state index contributed by atoms with van der Waals surface area (Å²) in [7, 11) is -10.7. The molecule has 189 valence electrons. The number of nitrogens with one attached hydrogen (secondary N) is 1. The van der Waals surface area contributed by atoms with Crippen LogP contribution < -0.4 is 5.32 Å². The van der Waals surface area contributed by atoms with Crippen molar-refractivity contribution in [3.8, 4) is 0 Å². The molecule has 5 radical (unpaired) electrons. The van der Waals surface area contributed by atoms with Crippen LogP contribution in [-0.2, 0) is 35.4 Å². The Balaban J connectivity index is 0. The second-order valence-corrected chi connectivity index (χ2v) is 9.64. The SMILES string of the molecule is CC(C)(C)OC(=O)N[C@H](Cc1ccc(Cl)cc1)C(=O)O.F[P-](F)(F)(F)(F)F.[CH]1[CH][CH][CH][CH]1.[Ru+2]. The number of ether oxygens (including phenoxy) is 1. The molecular formula is C19H23ClF6NO4PRu+. The third kappa shape index (κ3) is 27.0. The summed E-state index contributed by atoms with van der Waals surface area (Å²) in [5, 5.41) is 12.1. The summed E-state index contributed by atoms with van der Waals surface area (Å²) >= 11 is 5.76. The number of rotatable bonds is 4. The normalized spacial score (nSPS) is 16.2. The number of benzene rings is 1. The van der Waals surface area contributed by atoms with E-state index in [2.05, 4.69) is 5.32 Å². The molecule has 2 N–H and O–H groups in total. The van der Waals surface area contributed by atoms with Gasteiger partial charge in [0.05, 0.1) is 0 Å². The summed E-state index contributed by atoms with van der Waals surface area (Å²) in [6, 6.07) is 5.72. The second-order valence-electron chi connectivity index (χ2n) is 7.29. The van der Waals surface area contributed by atoms with E-state index in [9.17, 15) is 34.8 Å². The summed E-state index contributed by atoms with van der Waals surface area (Å²) in [5.41, 5.74) is 0.0887. The Bertz CT molecular complexity index is 735. The topological polar surface area (TPSA) is 75.6 Å². The van der Waals surface area contributed by atoms with Gasteiger partial charge in [0.1, 0.15) is 11.6 Å². The van der Waals surface area contributed by atoms with Crippen molar-refractivity contribution in [2.45, 2.75) is 38.8 Å². The summed E-state index contributed by atoms with van der Waals surface area (Å²) in [4.78, 5) is 22.8. The maximum atomic E-state index is 11.6. The van der Waals surface area contributed by atoms with Crippen LogP contribution in [0.5, 0.6) is 0 Å². The molecule has 14 heteroatoms. The molecule has 2 rings (SSSR count). The fourth-order valence-electron chi connectivity index (χ4n) is 1.83. The van der Waals surface area contributed by atoms with E-state index in [4.69, 9.17) is 21.4 Å². The van der Waals surface area contributed by atoms with Gasteiger partial charge >= 0.3 is 64.5 Å². The molecule has 1 atom stereocenters. The molecule has 1 aliphatic carbocycles. The van der Waals surface area contributed by atoms with Crippen LogP contribution in [-0.4, -0.2) is 28.8 Å². The van der Waals surface area contributed by atoms with E-state index in [-0.39, 0.29) is 25.9 Å². The molecule has 0 aromatic heterocycles. The molecule has 1 aromatic rings. The molecule has 0 spiro atoms. The van der Waals surface area contributed by atoms with E-state index in [0.29, 0.717) is 5.02 Å². The molecular weight excluding hydrogens is 588 g/mol. The van der Waals surface area contributed by atoms with Crippen LogP contribution in [0.3, 0.4) is 0 Å². The van der Waals surface area contributed by atoms with E-state index >= 15 is 0 Å². The average molecular weight is 611 g/mol. The minimum Gasteiger partial charge on any atom is -0.0312 e. The minimum atomic E-state index is -10.7. The van der Waals surface area contributed by atoms with E-state index in [1.165, 1.54) is 0 Å². The second kappa shape index (κ2) is 12.5. The Kier molecular flexibility index (Phi) is 12.9. The van der Waals surface area contributed by atoms with E-state index < -0.39 is 31.5 Å². The van der Waals surface area contributed by atoms with Gasteiger partial charge in [-0.1, -0.05) is 23.7 Å². The summed E-state index contributed by atoms with van der Waals surface area (Å²) in [6.45, 7) is 5.13. The fourth-order valence-corrected chi connectivity index (χ4v) is 1.95. The van der Waals surface area contributed by atoms with Gasteiger partial charge in [-0.2, -0.15) is 0 Å². The first-order valence-corrected chi connectivity index (χ1v) is 11.2. The third-order valence-electron chi connectivity index (χ3n) is 2.90. The van der Waals surface area contributed by atoms with Gasteiger partial charge in [0, 0.05) is 11.4 Å². The Morgan fingerprint density at radius 3 is 1.64 bits per heavy atom. The molecule has 33 heavy (non-hydrogen) atoms. The van der Waals surface area contributed by atoms with Crippen LogP contribution in [0.1, 0.15) is 26.3 Å². The van der Waals surface area contributed by atoms with Crippen molar-refractivity contribution in [2.75, 3.05) is 0 Å². The zero-order valence-corrected chi connectivity index (χ0v) is 21.0. The van der Waals surface area contributed by atoms with Gasteiger partial charge in [-0.05, 0) is 70.6 Å². The smallest absolute Gasteiger partial charge is 0.0312 e. The maximum absolute atomic E-state index is 11.6. The molecule has 1 amide bonds. The molecule has 0 saturated heterocycles. The molecule has 5 nitrogen and oxygen atoms in total. The molecule has 0 bridgehead atoms. The van der Waals surface area contributed by atoms with Gasteiger partial charge in [-0.3, -0.25) is 0 Å². The van der Waals surface area contributed by atoms with Crippen molar-refractivity contribution >= 4 is 31.5 Å². The minimum absolute atomic E-state index is 0. The zero-order valence-electron chi connectivity index (χ0n) is 17.6. The Labute approximate surface area is 206 Å². The number of alkyl carbamates (subject to hydrolysis) is 1. The third-order valence-corrected chi connectivity index (χ3v) is 3.15. The number of aliphatic carboxylic acids is 1.